The topological polar surface area (TPSA) is 188 Å². The molecule has 0 atom stereocenters. The van der Waals surface area contributed by atoms with Gasteiger partial charge in [-0.15, -0.1) is 5.10 Å². The minimum atomic E-state index is -4.24. The maximum absolute atomic E-state index is 12.7. The average molecular weight is 477 g/mol. The van der Waals surface area contributed by atoms with Crippen LogP contribution in [0.15, 0.2) is 56.0 Å². The second kappa shape index (κ2) is 8.65. The molecule has 4 rings (SSSR count). The van der Waals surface area contributed by atoms with Crippen molar-refractivity contribution in [1.29, 1.82) is 0 Å². The SMILES string of the molecule is Cn1nnc2c(C(=O)OCCCOc3no[n+]([O-])c3S(=O)(=O)c3ccccc3)ncn2c1=O. The first-order valence-corrected chi connectivity index (χ1v) is 10.8. The van der Waals surface area contributed by atoms with E-state index in [0.717, 1.165) is 15.4 Å². The Morgan fingerprint density at radius 2 is 2.00 bits per heavy atom. The van der Waals surface area contributed by atoms with Gasteiger partial charge in [-0.25, -0.2) is 27.4 Å². The highest BCUT2D eigenvalue weighted by Gasteiger charge is 2.35. The number of hydrogen-bond acceptors (Lipinski definition) is 12. The summed E-state index contributed by atoms with van der Waals surface area (Å²) in [6.45, 7) is -0.298. The van der Waals surface area contributed by atoms with Crippen molar-refractivity contribution < 1.29 is 32.2 Å². The fraction of sp³-hybridized carbons (Fsp3) is 0.235. The summed E-state index contributed by atoms with van der Waals surface area (Å²) in [4.78, 5) is 27.6. The van der Waals surface area contributed by atoms with Crippen molar-refractivity contribution >= 4 is 21.5 Å². The highest BCUT2D eigenvalue weighted by Crippen LogP contribution is 2.24. The standard InChI is InChI=1S/C17H15N7O8S/c1-22-17(26)23-10-18-12(13(23)19-21-22)16(25)31-9-5-8-30-14-15(24(27)32-20-14)33(28,29)11-6-3-2-4-7-11/h2-4,6-7,10H,5,8-9H2,1H3. The van der Waals surface area contributed by atoms with Crippen LogP contribution in [-0.2, 0) is 21.6 Å². The second-order valence-electron chi connectivity index (χ2n) is 6.48. The number of rotatable bonds is 8. The van der Waals surface area contributed by atoms with Gasteiger partial charge in [0, 0.05) is 13.5 Å². The van der Waals surface area contributed by atoms with E-state index in [9.17, 15) is 23.2 Å². The summed E-state index contributed by atoms with van der Waals surface area (Å²) in [6, 6.07) is 7.24. The van der Waals surface area contributed by atoms with Crippen LogP contribution in [0.1, 0.15) is 16.9 Å². The number of aryl methyl sites for hydroxylation is 1. The second-order valence-corrected chi connectivity index (χ2v) is 8.34. The van der Waals surface area contributed by atoms with Gasteiger partial charge in [0.25, 0.3) is 9.84 Å². The zero-order valence-corrected chi connectivity index (χ0v) is 17.7. The van der Waals surface area contributed by atoms with Crippen LogP contribution in [0.2, 0.25) is 0 Å². The number of carbonyl (C=O) groups excluding carboxylic acids is 1. The van der Waals surface area contributed by atoms with Gasteiger partial charge in [0.2, 0.25) is 0 Å². The van der Waals surface area contributed by atoms with Gasteiger partial charge in [-0.1, -0.05) is 23.4 Å². The fourth-order valence-electron chi connectivity index (χ4n) is 2.73. The van der Waals surface area contributed by atoms with Crippen molar-refractivity contribution in [3.8, 4) is 5.88 Å². The van der Waals surface area contributed by atoms with Gasteiger partial charge in [-0.05, 0) is 17.0 Å². The van der Waals surface area contributed by atoms with Gasteiger partial charge >= 0.3 is 22.6 Å². The van der Waals surface area contributed by atoms with Gasteiger partial charge in [-0.2, -0.15) is 4.68 Å². The van der Waals surface area contributed by atoms with Gasteiger partial charge in [0.15, 0.2) is 11.3 Å². The van der Waals surface area contributed by atoms with Crippen LogP contribution in [0.3, 0.4) is 0 Å². The zero-order valence-electron chi connectivity index (χ0n) is 16.9. The lowest BCUT2D eigenvalue weighted by Crippen LogP contribution is -2.31. The third-order valence-corrected chi connectivity index (χ3v) is 6.03. The first kappa shape index (κ1) is 21.9. The number of ether oxygens (including phenoxy) is 2. The lowest BCUT2D eigenvalue weighted by atomic mass is 10.4. The largest absolute Gasteiger partial charge is 0.461 e. The maximum atomic E-state index is 12.7. The molecule has 0 aliphatic heterocycles. The molecule has 16 heteroatoms. The van der Waals surface area contributed by atoms with Crippen LogP contribution >= 0.6 is 0 Å². The predicted molar refractivity (Wildman–Crippen MR) is 104 cm³/mol. The van der Waals surface area contributed by atoms with E-state index in [1.54, 1.807) is 6.07 Å². The molecule has 172 valence electrons. The number of carbonyl (C=O) groups is 1. The van der Waals surface area contributed by atoms with Gasteiger partial charge in [0.05, 0.1) is 23.3 Å². The van der Waals surface area contributed by atoms with Crippen molar-refractivity contribution in [2.45, 2.75) is 16.3 Å². The molecule has 0 aliphatic rings. The van der Waals surface area contributed by atoms with Crippen LogP contribution in [-0.4, -0.2) is 57.1 Å². The van der Waals surface area contributed by atoms with Crippen LogP contribution in [0, 0.1) is 5.21 Å². The highest BCUT2D eigenvalue weighted by molar-refractivity contribution is 7.91. The molecular weight excluding hydrogens is 462 g/mol. The molecule has 0 bridgehead atoms. The molecule has 0 unspecified atom stereocenters. The van der Waals surface area contributed by atoms with Crippen molar-refractivity contribution in [2.75, 3.05) is 13.2 Å². The molecule has 0 saturated carbocycles. The molecule has 0 fully saturated rings. The Labute approximate surface area is 184 Å². The summed E-state index contributed by atoms with van der Waals surface area (Å²) in [5.74, 6) is -1.36. The number of esters is 1. The first-order chi connectivity index (χ1) is 15.8. The summed E-state index contributed by atoms with van der Waals surface area (Å²) in [5, 5.41) is 21.7. The van der Waals surface area contributed by atoms with E-state index in [4.69, 9.17) is 9.47 Å². The summed E-state index contributed by atoms with van der Waals surface area (Å²) in [7, 11) is -2.84. The smallest absolute Gasteiger partial charge is 0.414 e. The van der Waals surface area contributed by atoms with E-state index in [-0.39, 0.29) is 40.8 Å². The number of benzene rings is 1. The van der Waals surface area contributed by atoms with E-state index in [1.807, 2.05) is 0 Å². The molecular formula is C17H15N7O8S. The number of hydrogen-bond donors (Lipinski definition) is 0. The average Bonchev–Trinajstić information content (AvgIpc) is 3.41. The monoisotopic (exact) mass is 477 g/mol. The van der Waals surface area contributed by atoms with E-state index in [1.165, 1.54) is 31.3 Å². The Morgan fingerprint density at radius 1 is 1.24 bits per heavy atom. The third kappa shape index (κ3) is 4.10. The molecule has 0 N–H and O–H groups in total. The normalized spacial score (nSPS) is 11.5. The number of sulfone groups is 1. The molecule has 0 spiro atoms. The highest BCUT2D eigenvalue weighted by atomic mass is 32.2. The number of fused-ring (bicyclic) bond motifs is 1. The Hall–Kier alpha value is -4.34. The molecule has 3 aromatic heterocycles. The molecule has 33 heavy (non-hydrogen) atoms. The Kier molecular flexibility index (Phi) is 5.74. The summed E-state index contributed by atoms with van der Waals surface area (Å²) in [5.41, 5.74) is -0.789. The van der Waals surface area contributed by atoms with Crippen molar-refractivity contribution in [3.05, 3.63) is 58.0 Å². The lowest BCUT2D eigenvalue weighted by Gasteiger charge is -2.04. The predicted octanol–water partition coefficient (Wildman–Crippen LogP) is -1.10. The maximum Gasteiger partial charge on any atom is 0.414 e. The Morgan fingerprint density at radius 3 is 2.76 bits per heavy atom. The Bertz CT molecular complexity index is 1480. The fourth-order valence-corrected chi connectivity index (χ4v) is 4.02. The van der Waals surface area contributed by atoms with Crippen molar-refractivity contribution in [1.82, 2.24) is 29.5 Å². The lowest BCUT2D eigenvalue weighted by molar-refractivity contribution is -0.832. The van der Waals surface area contributed by atoms with Gasteiger partial charge in [-0.3, -0.25) is 4.63 Å². The van der Waals surface area contributed by atoms with Crippen LogP contribution in [0.4, 0.5) is 0 Å². The van der Waals surface area contributed by atoms with Crippen LogP contribution in [0.25, 0.3) is 5.65 Å². The molecule has 1 aromatic carbocycles. The van der Waals surface area contributed by atoms with E-state index in [0.29, 0.717) is 0 Å². The minimum Gasteiger partial charge on any atom is -0.461 e. The molecule has 0 aliphatic carbocycles. The number of aromatic nitrogens is 7. The Balaban J connectivity index is 1.37. The van der Waals surface area contributed by atoms with E-state index >= 15 is 0 Å². The van der Waals surface area contributed by atoms with Crippen LogP contribution < -0.4 is 15.3 Å². The summed E-state index contributed by atoms with van der Waals surface area (Å²) in [6.07, 6.45) is 1.24. The van der Waals surface area contributed by atoms with Crippen LogP contribution in [0.5, 0.6) is 5.88 Å². The quantitative estimate of drug-likeness (QED) is 0.170. The molecule has 0 saturated heterocycles. The number of nitrogens with zero attached hydrogens (tertiary/aromatic N) is 7. The minimum absolute atomic E-state index is 0.0577. The number of imidazole rings is 1. The van der Waals surface area contributed by atoms with Crippen molar-refractivity contribution in [2.24, 2.45) is 7.05 Å². The molecule has 4 aromatic rings. The van der Waals surface area contributed by atoms with Crippen molar-refractivity contribution in [3.63, 3.8) is 0 Å². The van der Waals surface area contributed by atoms with E-state index in [2.05, 4.69) is 25.1 Å². The molecule has 0 radical (unpaired) electrons. The van der Waals surface area contributed by atoms with Gasteiger partial charge < -0.3 is 14.7 Å². The molecule has 0 amide bonds. The summed E-state index contributed by atoms with van der Waals surface area (Å²) >= 11 is 0. The van der Waals surface area contributed by atoms with E-state index < -0.39 is 32.4 Å². The zero-order chi connectivity index (χ0) is 23.6. The van der Waals surface area contributed by atoms with Gasteiger partial charge in [0.1, 0.15) is 6.33 Å². The molecule has 15 nitrogen and oxygen atoms in total. The first-order valence-electron chi connectivity index (χ1n) is 9.27. The third-order valence-electron chi connectivity index (χ3n) is 4.31. The molecule has 3 heterocycles. The summed E-state index contributed by atoms with van der Waals surface area (Å²) < 4.78 is 42.1.